The summed E-state index contributed by atoms with van der Waals surface area (Å²) in [5.74, 6) is -0.256. The number of hydrogen-bond acceptors (Lipinski definition) is 4. The second-order valence-corrected chi connectivity index (χ2v) is 10.3. The van der Waals surface area contributed by atoms with Crippen molar-refractivity contribution in [3.05, 3.63) is 101 Å². The van der Waals surface area contributed by atoms with Crippen LogP contribution in [0.4, 0.5) is 19.3 Å². The average molecular weight is 518 g/mol. The fourth-order valence-electron chi connectivity index (χ4n) is 4.60. The zero-order valence-electron chi connectivity index (χ0n) is 20.4. The van der Waals surface area contributed by atoms with Crippen LogP contribution in [-0.2, 0) is 14.9 Å². The van der Waals surface area contributed by atoms with Crippen LogP contribution in [0, 0.1) is 10.9 Å². The molecule has 1 aliphatic carbocycles. The summed E-state index contributed by atoms with van der Waals surface area (Å²) in [5, 5.41) is 2.14. The van der Waals surface area contributed by atoms with E-state index in [1.807, 2.05) is 48.5 Å². The molecule has 1 amide bonds. The fourth-order valence-corrected chi connectivity index (χ4v) is 5.45. The van der Waals surface area contributed by atoms with Gasteiger partial charge in [0.2, 0.25) is 0 Å². The Morgan fingerprint density at radius 2 is 1.51 bits per heavy atom. The molecule has 5 rings (SSSR count). The Morgan fingerprint density at radius 3 is 2.11 bits per heavy atom. The fraction of sp³-hybridized carbons (Fsp3) is 0.200. The highest BCUT2D eigenvalue weighted by Crippen LogP contribution is 2.49. The van der Waals surface area contributed by atoms with Crippen molar-refractivity contribution in [2.45, 2.75) is 38.2 Å². The van der Waals surface area contributed by atoms with Gasteiger partial charge in [-0.1, -0.05) is 66.7 Å². The zero-order valence-corrected chi connectivity index (χ0v) is 21.2. The molecule has 0 bridgehead atoms. The number of hydrogen-bond donors (Lipinski definition) is 1. The van der Waals surface area contributed by atoms with E-state index < -0.39 is 23.1 Å². The van der Waals surface area contributed by atoms with Crippen molar-refractivity contribution < 1.29 is 23.1 Å². The summed E-state index contributed by atoms with van der Waals surface area (Å²) in [4.78, 5) is 25.0. The molecule has 1 atom stereocenters. The first-order valence-corrected chi connectivity index (χ1v) is 12.8. The number of rotatable bonds is 7. The van der Waals surface area contributed by atoms with E-state index in [1.54, 1.807) is 32.0 Å². The number of ketones is 1. The number of thiophene rings is 1. The second kappa shape index (κ2) is 9.90. The number of nitrogens with one attached hydrogen (secondary N) is 1. The summed E-state index contributed by atoms with van der Waals surface area (Å²) in [6, 6.07) is 23.0. The lowest BCUT2D eigenvalue weighted by Crippen LogP contribution is -2.16. The summed E-state index contributed by atoms with van der Waals surface area (Å²) >= 11 is 0.914. The third-order valence-corrected chi connectivity index (χ3v) is 7.88. The van der Waals surface area contributed by atoms with Gasteiger partial charge in [0.25, 0.3) is 0 Å². The molecule has 1 aromatic heterocycles. The highest BCUT2D eigenvalue weighted by Gasteiger charge is 2.48. The summed E-state index contributed by atoms with van der Waals surface area (Å²) in [6.07, 6.45) is 0.189. The second-order valence-electron chi connectivity index (χ2n) is 9.28. The molecule has 7 heteroatoms. The first-order valence-electron chi connectivity index (χ1n) is 12.0. The van der Waals surface area contributed by atoms with Gasteiger partial charge in [-0.05, 0) is 55.0 Å². The predicted octanol–water partition coefficient (Wildman–Crippen LogP) is 8.29. The van der Waals surface area contributed by atoms with Gasteiger partial charge in [-0.15, -0.1) is 11.3 Å². The number of anilines is 1. The standard InChI is InChI=1S/C30H25F2NO3S/c1-18(24-5-3-4-6-25(24)31)36-29(35)33-26-17-27(32)37-28(26)22-9-7-20(8-10-22)21-11-13-23(14-12-21)30(15-16-30)19(2)34/h3-14,17-18H,15-16H2,1-2H3,(H,33,35)/t18-/m1/s1. The van der Waals surface area contributed by atoms with E-state index >= 15 is 0 Å². The van der Waals surface area contributed by atoms with Gasteiger partial charge < -0.3 is 4.74 Å². The van der Waals surface area contributed by atoms with Crippen LogP contribution in [-0.4, -0.2) is 11.9 Å². The first-order chi connectivity index (χ1) is 17.8. The summed E-state index contributed by atoms with van der Waals surface area (Å²) < 4.78 is 33.5. The van der Waals surface area contributed by atoms with E-state index in [0.29, 0.717) is 4.88 Å². The maximum absolute atomic E-state index is 14.2. The Hall–Kier alpha value is -3.84. The Bertz CT molecular complexity index is 1460. The third kappa shape index (κ3) is 5.04. The van der Waals surface area contributed by atoms with Crippen LogP contribution in [0.15, 0.2) is 78.9 Å². The summed E-state index contributed by atoms with van der Waals surface area (Å²) in [6.45, 7) is 3.22. The summed E-state index contributed by atoms with van der Waals surface area (Å²) in [7, 11) is 0. The van der Waals surface area contributed by atoms with E-state index in [1.165, 1.54) is 12.1 Å². The lowest BCUT2D eigenvalue weighted by atomic mass is 9.90. The van der Waals surface area contributed by atoms with Crippen LogP contribution in [0.25, 0.3) is 21.6 Å². The van der Waals surface area contributed by atoms with Crippen LogP contribution in [0.1, 0.15) is 43.9 Å². The van der Waals surface area contributed by atoms with Crippen molar-refractivity contribution in [2.75, 3.05) is 5.32 Å². The van der Waals surface area contributed by atoms with Crippen molar-refractivity contribution >= 4 is 28.9 Å². The van der Waals surface area contributed by atoms with E-state index in [9.17, 15) is 18.4 Å². The molecule has 0 radical (unpaired) electrons. The molecule has 4 aromatic rings. The van der Waals surface area contributed by atoms with Gasteiger partial charge in [0.15, 0.2) is 5.13 Å². The van der Waals surface area contributed by atoms with Gasteiger partial charge in [-0.2, -0.15) is 4.39 Å². The largest absolute Gasteiger partial charge is 0.441 e. The molecule has 1 N–H and O–H groups in total. The van der Waals surface area contributed by atoms with E-state index in [4.69, 9.17) is 4.74 Å². The van der Waals surface area contributed by atoms with E-state index in [0.717, 1.165) is 46.4 Å². The average Bonchev–Trinajstić information content (AvgIpc) is 3.62. The minimum Gasteiger partial charge on any atom is -0.441 e. The molecule has 4 nitrogen and oxygen atoms in total. The van der Waals surface area contributed by atoms with Gasteiger partial charge in [0.05, 0.1) is 16.0 Å². The van der Waals surface area contributed by atoms with Crippen LogP contribution >= 0.6 is 11.3 Å². The molecule has 0 spiro atoms. The number of benzene rings is 3. The highest BCUT2D eigenvalue weighted by atomic mass is 32.1. The van der Waals surface area contributed by atoms with Gasteiger partial charge in [0.1, 0.15) is 17.7 Å². The Kier molecular flexibility index (Phi) is 6.65. The maximum atomic E-state index is 14.2. The number of Topliss-reactive ketones (excluding diaryl/α,β-unsaturated/α-hetero) is 1. The van der Waals surface area contributed by atoms with Gasteiger partial charge >= 0.3 is 6.09 Å². The normalized spacial score (nSPS) is 14.6. The minimum atomic E-state index is -0.816. The molecule has 0 saturated heterocycles. The van der Waals surface area contributed by atoms with Crippen molar-refractivity contribution in [1.82, 2.24) is 0 Å². The lowest BCUT2D eigenvalue weighted by Gasteiger charge is -2.15. The van der Waals surface area contributed by atoms with Gasteiger partial charge in [-0.3, -0.25) is 10.1 Å². The minimum absolute atomic E-state index is 0.211. The summed E-state index contributed by atoms with van der Waals surface area (Å²) in [5.41, 5.74) is 4.02. The molecule has 0 unspecified atom stereocenters. The number of ether oxygens (including phenoxy) is 1. The number of carbonyl (C=O) groups is 2. The van der Waals surface area contributed by atoms with Crippen LogP contribution in [0.3, 0.4) is 0 Å². The van der Waals surface area contributed by atoms with Gasteiger partial charge in [0, 0.05) is 11.6 Å². The maximum Gasteiger partial charge on any atom is 0.412 e. The Balaban J connectivity index is 1.30. The molecular formula is C30H25F2NO3S. The van der Waals surface area contributed by atoms with Crippen molar-refractivity contribution in [3.8, 4) is 21.6 Å². The van der Waals surface area contributed by atoms with Crippen LogP contribution in [0.5, 0.6) is 0 Å². The number of carbonyl (C=O) groups excluding carboxylic acids is 2. The molecule has 1 aliphatic rings. The highest BCUT2D eigenvalue weighted by molar-refractivity contribution is 7.14. The van der Waals surface area contributed by atoms with Crippen LogP contribution in [0.2, 0.25) is 0 Å². The monoisotopic (exact) mass is 517 g/mol. The van der Waals surface area contributed by atoms with E-state index in [2.05, 4.69) is 5.32 Å². The predicted molar refractivity (Wildman–Crippen MR) is 142 cm³/mol. The van der Waals surface area contributed by atoms with E-state index in [-0.39, 0.29) is 22.4 Å². The molecule has 1 saturated carbocycles. The zero-order chi connectivity index (χ0) is 26.2. The van der Waals surface area contributed by atoms with Crippen molar-refractivity contribution in [3.63, 3.8) is 0 Å². The molecule has 188 valence electrons. The molecular weight excluding hydrogens is 492 g/mol. The molecule has 37 heavy (non-hydrogen) atoms. The quantitative estimate of drug-likeness (QED) is 0.268. The molecule has 3 aromatic carbocycles. The van der Waals surface area contributed by atoms with Crippen molar-refractivity contribution in [1.29, 1.82) is 0 Å². The SMILES string of the molecule is CC(=O)C1(c2ccc(-c3ccc(-c4sc(F)cc4NC(=O)O[C@H](C)c4ccccc4F)cc3)cc2)CC1. The van der Waals surface area contributed by atoms with Gasteiger partial charge in [-0.25, -0.2) is 9.18 Å². The first kappa shape index (κ1) is 24.8. The van der Waals surface area contributed by atoms with Crippen LogP contribution < -0.4 is 5.32 Å². The Morgan fingerprint density at radius 1 is 0.919 bits per heavy atom. The number of halogens is 2. The number of amides is 1. The molecule has 1 heterocycles. The molecule has 1 fully saturated rings. The Labute approximate surface area is 217 Å². The van der Waals surface area contributed by atoms with Crippen molar-refractivity contribution in [2.24, 2.45) is 0 Å². The smallest absolute Gasteiger partial charge is 0.412 e. The topological polar surface area (TPSA) is 55.4 Å². The third-order valence-electron chi connectivity index (χ3n) is 6.91. The molecule has 0 aliphatic heterocycles. The lowest BCUT2D eigenvalue weighted by molar-refractivity contribution is -0.119.